The molecule has 0 saturated carbocycles. The molecule has 2 aromatic carbocycles. The lowest BCUT2D eigenvalue weighted by Gasteiger charge is -2.25. The van der Waals surface area contributed by atoms with Crippen LogP contribution in [0.2, 0.25) is 10.0 Å². The van der Waals surface area contributed by atoms with Gasteiger partial charge in [-0.1, -0.05) is 74.5 Å². The first-order valence-corrected chi connectivity index (χ1v) is 12.3. The largest absolute Gasteiger partial charge is 0.354 e. The van der Waals surface area contributed by atoms with Crippen molar-refractivity contribution in [1.82, 2.24) is 5.32 Å². The predicted molar refractivity (Wildman–Crippen MR) is 124 cm³/mol. The third-order valence-corrected chi connectivity index (χ3v) is 7.24. The molecule has 0 bridgehead atoms. The number of halogens is 2. The molecule has 30 heavy (non-hydrogen) atoms. The number of rotatable bonds is 11. The molecule has 0 spiro atoms. The van der Waals surface area contributed by atoms with Crippen LogP contribution in [0.1, 0.15) is 39.5 Å². The van der Waals surface area contributed by atoms with Gasteiger partial charge in [0.1, 0.15) is 6.54 Å². The van der Waals surface area contributed by atoms with E-state index in [4.69, 9.17) is 23.2 Å². The Bertz CT molecular complexity index is 937. The quantitative estimate of drug-likeness (QED) is 0.469. The number of sulfonamides is 1. The predicted octanol–water partition coefficient (Wildman–Crippen LogP) is 5.52. The summed E-state index contributed by atoms with van der Waals surface area (Å²) in [5, 5.41) is 3.42. The lowest BCUT2D eigenvalue weighted by atomic mass is 9.99. The minimum absolute atomic E-state index is 0.0817. The Morgan fingerprint density at radius 2 is 1.80 bits per heavy atom. The van der Waals surface area contributed by atoms with Crippen molar-refractivity contribution >= 4 is 44.8 Å². The number of carbonyl (C=O) groups is 1. The monoisotopic (exact) mass is 470 g/mol. The number of unbranched alkanes of at least 4 members (excludes halogenated alkanes) is 1. The third-order valence-electron chi connectivity index (χ3n) is 4.93. The van der Waals surface area contributed by atoms with E-state index in [9.17, 15) is 13.2 Å². The first-order chi connectivity index (χ1) is 14.3. The number of nitrogens with zero attached hydrogens (tertiary/aromatic N) is 1. The first-order valence-electron chi connectivity index (χ1n) is 10.1. The standard InChI is InChI=1S/C22H28Cl2N2O3S/c1-3-5-9-17(4-2)15-25-22(27)16-26(21-13-12-18(23)14-20(21)24)30(28,29)19-10-7-6-8-11-19/h6-8,10-14,17H,3-5,9,15-16H2,1-2H3,(H,25,27)/t17-/m1/s1. The highest BCUT2D eigenvalue weighted by Gasteiger charge is 2.28. The fourth-order valence-electron chi connectivity index (χ4n) is 3.09. The number of amides is 1. The minimum atomic E-state index is -4.00. The van der Waals surface area contributed by atoms with Gasteiger partial charge in [0.15, 0.2) is 0 Å². The summed E-state index contributed by atoms with van der Waals surface area (Å²) in [7, 11) is -4.00. The van der Waals surface area contributed by atoms with Gasteiger partial charge >= 0.3 is 0 Å². The Morgan fingerprint density at radius 1 is 1.10 bits per heavy atom. The molecule has 0 heterocycles. The zero-order chi connectivity index (χ0) is 22.1. The van der Waals surface area contributed by atoms with Crippen LogP contribution in [0.4, 0.5) is 5.69 Å². The van der Waals surface area contributed by atoms with Crippen LogP contribution in [0.15, 0.2) is 53.4 Å². The molecular formula is C22H28Cl2N2O3S. The highest BCUT2D eigenvalue weighted by Crippen LogP contribution is 2.32. The fraction of sp³-hybridized carbons (Fsp3) is 0.409. The second-order valence-electron chi connectivity index (χ2n) is 7.14. The first kappa shape index (κ1) is 24.5. The average molecular weight is 471 g/mol. The molecule has 0 aliphatic rings. The molecule has 0 radical (unpaired) electrons. The number of anilines is 1. The topological polar surface area (TPSA) is 66.5 Å². The van der Waals surface area contributed by atoms with Crippen molar-refractivity contribution in [3.8, 4) is 0 Å². The highest BCUT2D eigenvalue weighted by atomic mass is 35.5. The van der Waals surface area contributed by atoms with E-state index in [0.29, 0.717) is 17.5 Å². The average Bonchev–Trinajstić information content (AvgIpc) is 2.73. The van der Waals surface area contributed by atoms with E-state index in [1.54, 1.807) is 24.3 Å². The van der Waals surface area contributed by atoms with Crippen molar-refractivity contribution in [2.75, 3.05) is 17.4 Å². The Kier molecular flexibility index (Phi) is 9.46. The van der Waals surface area contributed by atoms with Crippen LogP contribution in [-0.4, -0.2) is 27.4 Å². The van der Waals surface area contributed by atoms with Crippen molar-refractivity contribution in [1.29, 1.82) is 0 Å². The van der Waals surface area contributed by atoms with Crippen molar-refractivity contribution < 1.29 is 13.2 Å². The van der Waals surface area contributed by atoms with Crippen LogP contribution in [0.25, 0.3) is 0 Å². The van der Waals surface area contributed by atoms with Crippen LogP contribution in [0.5, 0.6) is 0 Å². The Morgan fingerprint density at radius 3 is 2.40 bits per heavy atom. The van der Waals surface area contributed by atoms with Crippen LogP contribution < -0.4 is 9.62 Å². The van der Waals surface area contributed by atoms with E-state index in [-0.39, 0.29) is 28.1 Å². The summed E-state index contributed by atoms with van der Waals surface area (Å²) in [5.74, 6) is -0.0114. The van der Waals surface area contributed by atoms with Crippen LogP contribution in [0.3, 0.4) is 0 Å². The molecule has 0 fully saturated rings. The molecule has 1 atom stereocenters. The molecule has 2 rings (SSSR count). The van der Waals surface area contributed by atoms with E-state index < -0.39 is 10.0 Å². The van der Waals surface area contributed by atoms with Crippen molar-refractivity contribution in [3.63, 3.8) is 0 Å². The summed E-state index contributed by atoms with van der Waals surface area (Å²) in [5.41, 5.74) is 0.207. The van der Waals surface area contributed by atoms with E-state index in [1.165, 1.54) is 24.3 Å². The Labute approximate surface area is 189 Å². The Hall–Kier alpha value is -1.76. The number of carbonyl (C=O) groups excluding carboxylic acids is 1. The Balaban J connectivity index is 2.27. The molecule has 0 aliphatic carbocycles. The molecule has 164 valence electrons. The van der Waals surface area contributed by atoms with E-state index in [2.05, 4.69) is 19.2 Å². The molecule has 0 saturated heterocycles. The van der Waals surface area contributed by atoms with E-state index in [0.717, 1.165) is 30.0 Å². The summed E-state index contributed by atoms with van der Waals surface area (Å²) in [6.45, 7) is 4.37. The van der Waals surface area contributed by atoms with Gasteiger partial charge in [-0.15, -0.1) is 0 Å². The zero-order valence-corrected chi connectivity index (χ0v) is 19.6. The third kappa shape index (κ3) is 6.62. The van der Waals surface area contributed by atoms with Crippen LogP contribution in [0, 0.1) is 5.92 Å². The summed E-state index contributed by atoms with van der Waals surface area (Å²) in [6.07, 6.45) is 4.18. The molecule has 0 unspecified atom stereocenters. The van der Waals surface area contributed by atoms with Gasteiger partial charge in [0.05, 0.1) is 15.6 Å². The van der Waals surface area contributed by atoms with Gasteiger partial charge in [-0.25, -0.2) is 8.42 Å². The van der Waals surface area contributed by atoms with Crippen LogP contribution >= 0.6 is 23.2 Å². The smallest absolute Gasteiger partial charge is 0.264 e. The summed E-state index contributed by atoms with van der Waals surface area (Å²) in [6, 6.07) is 12.5. The second kappa shape index (κ2) is 11.6. The number of hydrogen-bond acceptors (Lipinski definition) is 3. The van der Waals surface area contributed by atoms with E-state index >= 15 is 0 Å². The van der Waals surface area contributed by atoms with Gasteiger partial charge in [-0.05, 0) is 42.7 Å². The molecule has 2 aromatic rings. The van der Waals surface area contributed by atoms with Gasteiger partial charge in [-0.3, -0.25) is 9.10 Å². The summed E-state index contributed by atoms with van der Waals surface area (Å²) >= 11 is 12.3. The van der Waals surface area contributed by atoms with Crippen molar-refractivity contribution in [3.05, 3.63) is 58.6 Å². The fourth-order valence-corrected chi connectivity index (χ4v) is 5.11. The minimum Gasteiger partial charge on any atom is -0.354 e. The van der Waals surface area contributed by atoms with Crippen molar-refractivity contribution in [2.45, 2.75) is 44.4 Å². The lowest BCUT2D eigenvalue weighted by molar-refractivity contribution is -0.119. The number of benzene rings is 2. The molecule has 0 aromatic heterocycles. The molecule has 1 N–H and O–H groups in total. The zero-order valence-electron chi connectivity index (χ0n) is 17.3. The summed E-state index contributed by atoms with van der Waals surface area (Å²) in [4.78, 5) is 12.8. The molecule has 0 aliphatic heterocycles. The van der Waals surface area contributed by atoms with Gasteiger partial charge < -0.3 is 5.32 Å². The van der Waals surface area contributed by atoms with Crippen LogP contribution in [-0.2, 0) is 14.8 Å². The second-order valence-corrected chi connectivity index (χ2v) is 9.85. The lowest BCUT2D eigenvalue weighted by Crippen LogP contribution is -2.42. The molecule has 1 amide bonds. The maximum absolute atomic E-state index is 13.3. The SMILES string of the molecule is CCCC[C@@H](CC)CNC(=O)CN(c1ccc(Cl)cc1Cl)S(=O)(=O)c1ccccc1. The maximum atomic E-state index is 13.3. The normalized spacial score (nSPS) is 12.4. The summed E-state index contributed by atoms with van der Waals surface area (Å²) < 4.78 is 27.6. The van der Waals surface area contributed by atoms with Crippen molar-refractivity contribution in [2.24, 2.45) is 5.92 Å². The number of nitrogens with one attached hydrogen (secondary N) is 1. The van der Waals surface area contributed by atoms with Gasteiger partial charge in [0.25, 0.3) is 10.0 Å². The van der Waals surface area contributed by atoms with Gasteiger partial charge in [-0.2, -0.15) is 0 Å². The molecule has 5 nitrogen and oxygen atoms in total. The van der Waals surface area contributed by atoms with Gasteiger partial charge in [0.2, 0.25) is 5.91 Å². The highest BCUT2D eigenvalue weighted by molar-refractivity contribution is 7.92. The van der Waals surface area contributed by atoms with Gasteiger partial charge in [0, 0.05) is 11.6 Å². The maximum Gasteiger partial charge on any atom is 0.264 e. The molecular weight excluding hydrogens is 443 g/mol. The molecule has 8 heteroatoms. The number of hydrogen-bond donors (Lipinski definition) is 1. The van der Waals surface area contributed by atoms with E-state index in [1.807, 2.05) is 0 Å².